The van der Waals surface area contributed by atoms with Crippen LogP contribution >= 0.6 is 0 Å². The summed E-state index contributed by atoms with van der Waals surface area (Å²) in [4.78, 5) is 10.3. The van der Waals surface area contributed by atoms with Gasteiger partial charge in [-0.3, -0.25) is 4.79 Å². The van der Waals surface area contributed by atoms with Gasteiger partial charge in [-0.1, -0.05) is 39.3 Å². The minimum absolute atomic E-state index is 0.392. The SMILES string of the molecule is C=C1CCC2C(C)(C)CCC[C@]2(C)[C@H]1CC/C(C)=C/OC=O. The molecule has 0 aromatic rings. The summed E-state index contributed by atoms with van der Waals surface area (Å²) in [5, 5.41) is 0. The van der Waals surface area contributed by atoms with Gasteiger partial charge in [0.05, 0.1) is 6.26 Å². The molecular formula is C20H32O2. The zero-order valence-corrected chi connectivity index (χ0v) is 14.8. The predicted octanol–water partition coefficient (Wildman–Crippen LogP) is 5.64. The average molecular weight is 304 g/mol. The molecule has 0 aliphatic heterocycles. The van der Waals surface area contributed by atoms with Crippen LogP contribution in [0.5, 0.6) is 0 Å². The van der Waals surface area contributed by atoms with E-state index in [2.05, 4.69) is 27.4 Å². The molecule has 0 saturated heterocycles. The van der Waals surface area contributed by atoms with Crippen molar-refractivity contribution in [1.29, 1.82) is 0 Å². The summed E-state index contributed by atoms with van der Waals surface area (Å²) in [5.74, 6) is 1.41. The van der Waals surface area contributed by atoms with Crippen LogP contribution in [-0.4, -0.2) is 6.47 Å². The highest BCUT2D eigenvalue weighted by Gasteiger charge is 2.52. The van der Waals surface area contributed by atoms with Crippen LogP contribution in [0.2, 0.25) is 0 Å². The van der Waals surface area contributed by atoms with Gasteiger partial charge in [0.25, 0.3) is 6.47 Å². The first-order valence-corrected chi connectivity index (χ1v) is 8.73. The fraction of sp³-hybridized carbons (Fsp3) is 0.750. The van der Waals surface area contributed by atoms with E-state index in [0.717, 1.165) is 24.3 Å². The largest absolute Gasteiger partial charge is 0.437 e. The highest BCUT2D eigenvalue weighted by molar-refractivity contribution is 5.38. The molecule has 0 radical (unpaired) electrons. The maximum absolute atomic E-state index is 10.3. The molecule has 2 aliphatic carbocycles. The second kappa shape index (κ2) is 6.60. The molecule has 2 fully saturated rings. The first-order valence-electron chi connectivity index (χ1n) is 8.73. The van der Waals surface area contributed by atoms with Crippen molar-refractivity contribution in [3.63, 3.8) is 0 Å². The molecule has 0 amide bonds. The van der Waals surface area contributed by atoms with Crippen LogP contribution in [0.4, 0.5) is 0 Å². The van der Waals surface area contributed by atoms with Crippen molar-refractivity contribution in [3.05, 3.63) is 24.0 Å². The van der Waals surface area contributed by atoms with Crippen LogP contribution in [0.3, 0.4) is 0 Å². The second-order valence-corrected chi connectivity index (χ2v) is 8.39. The predicted molar refractivity (Wildman–Crippen MR) is 91.2 cm³/mol. The summed E-state index contributed by atoms with van der Waals surface area (Å²) in [5.41, 5.74) is 3.43. The van der Waals surface area contributed by atoms with E-state index < -0.39 is 0 Å². The highest BCUT2D eigenvalue weighted by atomic mass is 16.5. The lowest BCUT2D eigenvalue weighted by Crippen LogP contribution is -2.49. The molecule has 0 heterocycles. The topological polar surface area (TPSA) is 26.3 Å². The lowest BCUT2D eigenvalue weighted by molar-refractivity contribution is -0.123. The van der Waals surface area contributed by atoms with Crippen molar-refractivity contribution in [3.8, 4) is 0 Å². The molecule has 1 unspecified atom stereocenters. The molecule has 0 spiro atoms. The van der Waals surface area contributed by atoms with E-state index in [-0.39, 0.29) is 0 Å². The summed E-state index contributed by atoms with van der Waals surface area (Å²) in [6, 6.07) is 0. The van der Waals surface area contributed by atoms with E-state index in [1.807, 2.05) is 6.92 Å². The lowest BCUT2D eigenvalue weighted by Gasteiger charge is -2.58. The van der Waals surface area contributed by atoms with Crippen LogP contribution in [0.25, 0.3) is 0 Å². The monoisotopic (exact) mass is 304 g/mol. The van der Waals surface area contributed by atoms with Gasteiger partial charge >= 0.3 is 0 Å². The van der Waals surface area contributed by atoms with Crippen LogP contribution in [0, 0.1) is 22.7 Å². The number of hydrogen-bond donors (Lipinski definition) is 0. The fourth-order valence-electron chi connectivity index (χ4n) is 5.38. The summed E-state index contributed by atoms with van der Waals surface area (Å²) in [6.45, 7) is 14.4. The van der Waals surface area contributed by atoms with Gasteiger partial charge in [0, 0.05) is 0 Å². The first-order chi connectivity index (χ1) is 10.3. The van der Waals surface area contributed by atoms with Crippen molar-refractivity contribution >= 4 is 6.47 Å². The van der Waals surface area contributed by atoms with Crippen LogP contribution in [-0.2, 0) is 9.53 Å². The summed E-state index contributed by atoms with van der Waals surface area (Å²) < 4.78 is 4.76. The van der Waals surface area contributed by atoms with Gasteiger partial charge in [0.2, 0.25) is 0 Å². The Hall–Kier alpha value is -1.05. The molecule has 0 aromatic carbocycles. The molecule has 0 N–H and O–H groups in total. The molecule has 0 bridgehead atoms. The Morgan fingerprint density at radius 3 is 2.77 bits per heavy atom. The minimum Gasteiger partial charge on any atom is -0.437 e. The normalized spacial score (nSPS) is 34.9. The number of carbonyl (C=O) groups excluding carboxylic acids is 1. The van der Waals surface area contributed by atoms with Gasteiger partial charge in [0.1, 0.15) is 0 Å². The summed E-state index contributed by atoms with van der Waals surface area (Å²) in [6.07, 6.45) is 10.2. The number of ether oxygens (including phenoxy) is 1. The number of hydrogen-bond acceptors (Lipinski definition) is 2. The summed E-state index contributed by atoms with van der Waals surface area (Å²) in [7, 11) is 0. The van der Waals surface area contributed by atoms with E-state index in [9.17, 15) is 4.79 Å². The highest BCUT2D eigenvalue weighted by Crippen LogP contribution is 2.61. The zero-order valence-electron chi connectivity index (χ0n) is 14.8. The Bertz CT molecular complexity index is 460. The van der Waals surface area contributed by atoms with Crippen molar-refractivity contribution in [1.82, 2.24) is 0 Å². The molecule has 2 rings (SSSR count). The summed E-state index contributed by atoms with van der Waals surface area (Å²) >= 11 is 0. The fourth-order valence-corrected chi connectivity index (χ4v) is 5.38. The van der Waals surface area contributed by atoms with E-state index in [1.165, 1.54) is 37.7 Å². The van der Waals surface area contributed by atoms with Crippen molar-refractivity contribution in [2.45, 2.75) is 72.6 Å². The Kier molecular flexibility index (Phi) is 5.19. The van der Waals surface area contributed by atoms with Crippen LogP contribution < -0.4 is 0 Å². The molecule has 2 nitrogen and oxygen atoms in total. The molecular weight excluding hydrogens is 272 g/mol. The number of allylic oxidation sites excluding steroid dienone is 2. The number of rotatable bonds is 5. The van der Waals surface area contributed by atoms with Crippen molar-refractivity contribution in [2.24, 2.45) is 22.7 Å². The van der Waals surface area contributed by atoms with Crippen LogP contribution in [0.15, 0.2) is 24.0 Å². The lowest BCUT2D eigenvalue weighted by atomic mass is 9.47. The van der Waals surface area contributed by atoms with Gasteiger partial charge < -0.3 is 4.74 Å². The van der Waals surface area contributed by atoms with Gasteiger partial charge in [-0.2, -0.15) is 0 Å². The Labute approximate surface area is 136 Å². The van der Waals surface area contributed by atoms with E-state index in [0.29, 0.717) is 23.2 Å². The molecule has 3 atom stereocenters. The van der Waals surface area contributed by atoms with Gasteiger partial charge in [-0.25, -0.2) is 0 Å². The van der Waals surface area contributed by atoms with Gasteiger partial charge in [-0.05, 0) is 73.7 Å². The molecule has 124 valence electrons. The molecule has 2 heteroatoms. The molecule has 22 heavy (non-hydrogen) atoms. The standard InChI is InChI=1S/C20H32O2/c1-15(13-22-14-21)7-9-17-16(2)8-10-18-19(3,4)11-6-12-20(17,18)5/h13-14,17-18H,2,6-12H2,1,3-5H3/b15-13+/t17-,18?,20+/m0/s1. The van der Waals surface area contributed by atoms with Crippen molar-refractivity contribution < 1.29 is 9.53 Å². The molecule has 0 aromatic heterocycles. The minimum atomic E-state index is 0.392. The maximum atomic E-state index is 10.3. The first kappa shape index (κ1) is 17.3. The third kappa shape index (κ3) is 3.31. The quantitative estimate of drug-likeness (QED) is 0.373. The van der Waals surface area contributed by atoms with E-state index in [4.69, 9.17) is 4.74 Å². The molecule has 2 aliphatic rings. The third-order valence-corrected chi connectivity index (χ3v) is 6.47. The third-order valence-electron chi connectivity index (χ3n) is 6.47. The molecule has 2 saturated carbocycles. The van der Waals surface area contributed by atoms with E-state index in [1.54, 1.807) is 6.26 Å². The Balaban J connectivity index is 2.14. The van der Waals surface area contributed by atoms with E-state index >= 15 is 0 Å². The Morgan fingerprint density at radius 1 is 1.36 bits per heavy atom. The second-order valence-electron chi connectivity index (χ2n) is 8.39. The number of carbonyl (C=O) groups is 1. The van der Waals surface area contributed by atoms with Crippen LogP contribution in [0.1, 0.15) is 72.6 Å². The zero-order chi connectivity index (χ0) is 16.4. The Morgan fingerprint density at radius 2 is 2.09 bits per heavy atom. The van der Waals surface area contributed by atoms with Crippen molar-refractivity contribution in [2.75, 3.05) is 0 Å². The van der Waals surface area contributed by atoms with Gasteiger partial charge in [0.15, 0.2) is 0 Å². The smallest absolute Gasteiger partial charge is 0.297 e. The average Bonchev–Trinajstić information content (AvgIpc) is 2.43. The maximum Gasteiger partial charge on any atom is 0.297 e. The number of fused-ring (bicyclic) bond motifs is 1. The van der Waals surface area contributed by atoms with Gasteiger partial charge in [-0.15, -0.1) is 0 Å².